The quantitative estimate of drug-likeness (QED) is 0.888. The van der Waals surface area contributed by atoms with Gasteiger partial charge in [0.1, 0.15) is 5.25 Å². The summed E-state index contributed by atoms with van der Waals surface area (Å²) in [4.78, 5) is 0. The molecule has 3 N–H and O–H groups in total. The molecule has 1 aromatic carbocycles. The van der Waals surface area contributed by atoms with E-state index in [0.29, 0.717) is 17.9 Å². The van der Waals surface area contributed by atoms with Gasteiger partial charge in [-0.15, -0.1) is 0 Å². The first-order valence-corrected chi connectivity index (χ1v) is 8.42. The van der Waals surface area contributed by atoms with Crippen LogP contribution in [0.4, 0.5) is 5.82 Å². The molecular formula is C14H17N3O2S. The van der Waals surface area contributed by atoms with Gasteiger partial charge in [0.25, 0.3) is 0 Å². The molecule has 6 heteroatoms. The molecule has 1 aliphatic heterocycles. The second kappa shape index (κ2) is 4.94. The molecule has 0 radical (unpaired) electrons. The highest BCUT2D eigenvalue weighted by molar-refractivity contribution is 7.91. The first-order valence-electron chi connectivity index (χ1n) is 6.70. The van der Waals surface area contributed by atoms with Crippen molar-refractivity contribution in [1.29, 1.82) is 0 Å². The number of benzene rings is 1. The summed E-state index contributed by atoms with van der Waals surface area (Å²) in [6.45, 7) is 0. The van der Waals surface area contributed by atoms with E-state index in [1.165, 1.54) is 0 Å². The maximum atomic E-state index is 12.3. The summed E-state index contributed by atoms with van der Waals surface area (Å²) in [7, 11) is -3.12. The zero-order chi connectivity index (χ0) is 14.2. The number of sulfone groups is 1. The smallest absolute Gasteiger partial charge is 0.158 e. The Bertz CT molecular complexity index is 707. The Labute approximate surface area is 118 Å². The Morgan fingerprint density at radius 3 is 2.65 bits per heavy atom. The molecule has 1 aliphatic rings. The zero-order valence-electron chi connectivity index (χ0n) is 11.0. The van der Waals surface area contributed by atoms with Crippen molar-refractivity contribution >= 4 is 15.7 Å². The summed E-state index contributed by atoms with van der Waals surface area (Å²) in [5, 5.41) is 6.35. The lowest BCUT2D eigenvalue weighted by atomic mass is 10.0. The minimum Gasteiger partial charge on any atom is -0.382 e. The van der Waals surface area contributed by atoms with Crippen molar-refractivity contribution in [2.75, 3.05) is 11.5 Å². The van der Waals surface area contributed by atoms with E-state index in [1.54, 1.807) is 0 Å². The number of nitrogens with two attached hydrogens (primary N) is 1. The van der Waals surface area contributed by atoms with Crippen LogP contribution in [-0.4, -0.2) is 24.4 Å². The second-order valence-electron chi connectivity index (χ2n) is 5.11. The van der Waals surface area contributed by atoms with E-state index in [1.807, 2.05) is 30.3 Å². The van der Waals surface area contributed by atoms with Gasteiger partial charge in [0, 0.05) is 5.56 Å². The summed E-state index contributed by atoms with van der Waals surface area (Å²) in [5.74, 6) is 0.595. The van der Waals surface area contributed by atoms with E-state index < -0.39 is 15.1 Å². The van der Waals surface area contributed by atoms with Gasteiger partial charge in [0.2, 0.25) is 0 Å². The molecule has 1 fully saturated rings. The summed E-state index contributed by atoms with van der Waals surface area (Å²) in [6, 6.07) is 9.55. The van der Waals surface area contributed by atoms with E-state index >= 15 is 0 Å². The molecule has 0 amide bonds. The zero-order valence-corrected chi connectivity index (χ0v) is 11.9. The Morgan fingerprint density at radius 2 is 1.95 bits per heavy atom. The van der Waals surface area contributed by atoms with Crippen molar-refractivity contribution in [2.24, 2.45) is 0 Å². The topological polar surface area (TPSA) is 88.8 Å². The second-order valence-corrected chi connectivity index (χ2v) is 7.42. The largest absolute Gasteiger partial charge is 0.382 e. The van der Waals surface area contributed by atoms with Gasteiger partial charge in [0.05, 0.1) is 11.4 Å². The molecule has 2 heterocycles. The predicted octanol–water partition coefficient (Wildman–Crippen LogP) is 2.30. The van der Waals surface area contributed by atoms with Gasteiger partial charge in [-0.25, -0.2) is 8.42 Å². The maximum absolute atomic E-state index is 12.3. The molecule has 0 bridgehead atoms. The molecule has 2 aromatic rings. The van der Waals surface area contributed by atoms with Crippen LogP contribution in [0.15, 0.2) is 30.3 Å². The van der Waals surface area contributed by atoms with Crippen molar-refractivity contribution in [2.45, 2.75) is 24.5 Å². The van der Waals surface area contributed by atoms with Crippen LogP contribution >= 0.6 is 0 Å². The van der Waals surface area contributed by atoms with E-state index in [0.717, 1.165) is 24.0 Å². The van der Waals surface area contributed by atoms with Crippen LogP contribution < -0.4 is 5.73 Å². The molecule has 0 saturated carbocycles. The maximum Gasteiger partial charge on any atom is 0.158 e. The standard InChI is InChI=1S/C14H17N3O2S/c15-14-12(10-6-2-1-3-7-10)13(16-17-14)11-8-4-5-9-20(11,18)19/h1-3,6-7,11H,4-5,8-9H2,(H3,15,16,17). The van der Waals surface area contributed by atoms with Crippen molar-refractivity contribution in [3.63, 3.8) is 0 Å². The van der Waals surface area contributed by atoms with Crippen LogP contribution in [0.25, 0.3) is 11.1 Å². The lowest BCUT2D eigenvalue weighted by Gasteiger charge is -2.22. The molecule has 1 aromatic heterocycles. The summed E-state index contributed by atoms with van der Waals surface area (Å²) in [5.41, 5.74) is 8.19. The number of hydrogen-bond acceptors (Lipinski definition) is 4. The fraction of sp³-hybridized carbons (Fsp3) is 0.357. The van der Waals surface area contributed by atoms with Gasteiger partial charge in [-0.3, -0.25) is 5.10 Å². The third-order valence-corrected chi connectivity index (χ3v) is 5.98. The van der Waals surface area contributed by atoms with Crippen LogP contribution in [-0.2, 0) is 9.84 Å². The number of H-pyrrole nitrogens is 1. The SMILES string of the molecule is Nc1n[nH]c(C2CCCCS2(=O)=O)c1-c1ccccc1. The predicted molar refractivity (Wildman–Crippen MR) is 78.8 cm³/mol. The molecule has 1 unspecified atom stereocenters. The average Bonchev–Trinajstić information content (AvgIpc) is 2.81. The molecule has 106 valence electrons. The van der Waals surface area contributed by atoms with Crippen molar-refractivity contribution < 1.29 is 8.42 Å². The van der Waals surface area contributed by atoms with Crippen LogP contribution in [0.5, 0.6) is 0 Å². The van der Waals surface area contributed by atoms with Gasteiger partial charge in [0.15, 0.2) is 15.7 Å². The van der Waals surface area contributed by atoms with Crippen LogP contribution in [0.3, 0.4) is 0 Å². The third kappa shape index (κ3) is 2.20. The van der Waals surface area contributed by atoms with Crippen molar-refractivity contribution in [3.05, 3.63) is 36.0 Å². The molecule has 3 rings (SSSR count). The number of aromatic nitrogens is 2. The van der Waals surface area contributed by atoms with Crippen molar-refractivity contribution in [1.82, 2.24) is 10.2 Å². The molecule has 1 atom stereocenters. The molecule has 1 saturated heterocycles. The monoisotopic (exact) mass is 291 g/mol. The van der Waals surface area contributed by atoms with E-state index in [4.69, 9.17) is 5.73 Å². The van der Waals surface area contributed by atoms with Crippen LogP contribution in [0.2, 0.25) is 0 Å². The van der Waals surface area contributed by atoms with Crippen molar-refractivity contribution in [3.8, 4) is 11.1 Å². The highest BCUT2D eigenvalue weighted by Gasteiger charge is 2.34. The molecule has 0 aliphatic carbocycles. The lowest BCUT2D eigenvalue weighted by Crippen LogP contribution is -2.22. The number of rotatable bonds is 2. The first kappa shape index (κ1) is 13.2. The Morgan fingerprint density at radius 1 is 1.20 bits per heavy atom. The number of aromatic amines is 1. The average molecular weight is 291 g/mol. The normalized spacial score (nSPS) is 21.7. The van der Waals surface area contributed by atoms with E-state index in [-0.39, 0.29) is 5.75 Å². The fourth-order valence-corrected chi connectivity index (χ4v) is 4.74. The highest BCUT2D eigenvalue weighted by Crippen LogP contribution is 2.39. The number of anilines is 1. The van der Waals surface area contributed by atoms with Gasteiger partial charge >= 0.3 is 0 Å². The fourth-order valence-electron chi connectivity index (χ4n) is 2.79. The number of nitrogen functional groups attached to an aromatic ring is 1. The Kier molecular flexibility index (Phi) is 3.25. The number of nitrogens with zero attached hydrogens (tertiary/aromatic N) is 1. The summed E-state index contributed by atoms with van der Waals surface area (Å²) < 4.78 is 24.6. The molecule has 20 heavy (non-hydrogen) atoms. The van der Waals surface area contributed by atoms with Gasteiger partial charge in [-0.1, -0.05) is 36.8 Å². The Hall–Kier alpha value is -1.82. The number of nitrogens with one attached hydrogen (secondary N) is 1. The molecule has 0 spiro atoms. The minimum absolute atomic E-state index is 0.241. The Balaban J connectivity index is 2.12. The number of hydrogen-bond donors (Lipinski definition) is 2. The van der Waals surface area contributed by atoms with Crippen LogP contribution in [0.1, 0.15) is 30.2 Å². The van der Waals surface area contributed by atoms with Gasteiger partial charge in [-0.2, -0.15) is 5.10 Å². The highest BCUT2D eigenvalue weighted by atomic mass is 32.2. The summed E-state index contributed by atoms with van der Waals surface area (Å²) in [6.07, 6.45) is 2.28. The molecular weight excluding hydrogens is 274 g/mol. The first-order chi connectivity index (χ1) is 9.59. The summed E-state index contributed by atoms with van der Waals surface area (Å²) >= 11 is 0. The lowest BCUT2D eigenvalue weighted by molar-refractivity contribution is 0.542. The molecule has 5 nitrogen and oxygen atoms in total. The third-order valence-electron chi connectivity index (χ3n) is 3.79. The van der Waals surface area contributed by atoms with E-state index in [2.05, 4.69) is 10.2 Å². The van der Waals surface area contributed by atoms with E-state index in [9.17, 15) is 8.42 Å². The van der Waals surface area contributed by atoms with Gasteiger partial charge in [-0.05, 0) is 18.4 Å². The van der Waals surface area contributed by atoms with Gasteiger partial charge < -0.3 is 5.73 Å². The minimum atomic E-state index is -3.12. The van der Waals surface area contributed by atoms with Crippen LogP contribution in [0, 0.1) is 0 Å².